The van der Waals surface area contributed by atoms with E-state index in [1.807, 2.05) is 24.3 Å². The van der Waals surface area contributed by atoms with Crippen LogP contribution in [-0.4, -0.2) is 11.7 Å². The van der Waals surface area contributed by atoms with Crippen molar-refractivity contribution in [2.45, 2.75) is 19.8 Å². The van der Waals surface area contributed by atoms with Gasteiger partial charge in [0.1, 0.15) is 0 Å². The summed E-state index contributed by atoms with van der Waals surface area (Å²) in [5.41, 5.74) is 1.17. The molecule has 0 aliphatic carbocycles. The summed E-state index contributed by atoms with van der Waals surface area (Å²) in [6.45, 7) is 2.38. The topological polar surface area (TPSA) is 20.2 Å². The second-order valence-corrected chi connectivity index (χ2v) is 3.82. The first-order valence-electron chi connectivity index (χ1n) is 4.58. The summed E-state index contributed by atoms with van der Waals surface area (Å²) < 4.78 is 0. The third-order valence-corrected chi connectivity index (χ3v) is 2.52. The molecule has 1 nitrogen and oxygen atoms in total. The van der Waals surface area contributed by atoms with E-state index in [1.165, 1.54) is 5.56 Å². The molecule has 1 aromatic carbocycles. The molecule has 0 heterocycles. The smallest absolute Gasteiger partial charge is 0.0438 e. The third kappa shape index (κ3) is 3.37. The minimum absolute atomic E-state index is 0.256. The maximum absolute atomic E-state index is 8.75. The minimum atomic E-state index is 0.256. The van der Waals surface area contributed by atoms with Gasteiger partial charge in [-0.05, 0) is 30.4 Å². The molecule has 1 rings (SSSR count). The fourth-order valence-electron chi connectivity index (χ4n) is 1.36. The molecular formula is C11H15ClO. The summed E-state index contributed by atoms with van der Waals surface area (Å²) in [5, 5.41) is 9.58. The first-order chi connectivity index (χ1) is 6.24. The zero-order valence-corrected chi connectivity index (χ0v) is 8.59. The summed E-state index contributed by atoms with van der Waals surface area (Å²) in [5.74, 6) is 0.491. The highest BCUT2D eigenvalue weighted by Crippen LogP contribution is 2.19. The maximum atomic E-state index is 8.75. The Morgan fingerprint density at radius 2 is 2.08 bits per heavy atom. The van der Waals surface area contributed by atoms with Gasteiger partial charge in [-0.25, -0.2) is 0 Å². The normalized spacial score (nSPS) is 12.8. The Morgan fingerprint density at radius 1 is 1.38 bits per heavy atom. The van der Waals surface area contributed by atoms with Gasteiger partial charge in [-0.2, -0.15) is 0 Å². The largest absolute Gasteiger partial charge is 0.396 e. The van der Waals surface area contributed by atoms with E-state index in [0.29, 0.717) is 5.92 Å². The number of halogens is 1. The van der Waals surface area contributed by atoms with Crippen LogP contribution in [0.2, 0.25) is 5.02 Å². The summed E-state index contributed by atoms with van der Waals surface area (Å²) in [6.07, 6.45) is 1.78. The molecule has 13 heavy (non-hydrogen) atoms. The molecule has 0 aromatic heterocycles. The molecule has 0 aliphatic heterocycles. The van der Waals surface area contributed by atoms with E-state index < -0.39 is 0 Å². The fourth-order valence-corrected chi connectivity index (χ4v) is 1.57. The lowest BCUT2D eigenvalue weighted by Crippen LogP contribution is -2.02. The van der Waals surface area contributed by atoms with Crippen LogP contribution in [-0.2, 0) is 6.42 Å². The molecule has 1 atom stereocenters. The zero-order chi connectivity index (χ0) is 9.68. The van der Waals surface area contributed by atoms with Gasteiger partial charge in [0.25, 0.3) is 0 Å². The van der Waals surface area contributed by atoms with Gasteiger partial charge in [0.05, 0.1) is 0 Å². The summed E-state index contributed by atoms with van der Waals surface area (Å²) >= 11 is 6.01. The SMILES string of the molecule is CC(CCO)Cc1ccccc1Cl. The molecule has 72 valence electrons. The number of hydrogen-bond donors (Lipinski definition) is 1. The van der Waals surface area contributed by atoms with E-state index in [-0.39, 0.29) is 6.61 Å². The quantitative estimate of drug-likeness (QED) is 0.789. The van der Waals surface area contributed by atoms with Gasteiger partial charge >= 0.3 is 0 Å². The van der Waals surface area contributed by atoms with Crippen LogP contribution < -0.4 is 0 Å². The van der Waals surface area contributed by atoms with E-state index in [2.05, 4.69) is 6.92 Å². The van der Waals surface area contributed by atoms with Crippen LogP contribution in [0.1, 0.15) is 18.9 Å². The van der Waals surface area contributed by atoms with E-state index in [4.69, 9.17) is 16.7 Å². The van der Waals surface area contributed by atoms with Gasteiger partial charge in [0.2, 0.25) is 0 Å². The van der Waals surface area contributed by atoms with E-state index >= 15 is 0 Å². The standard InChI is InChI=1S/C11H15ClO/c1-9(6-7-13)8-10-4-2-3-5-11(10)12/h2-5,9,13H,6-8H2,1H3. The second-order valence-electron chi connectivity index (χ2n) is 3.41. The predicted molar refractivity (Wildman–Crippen MR) is 56.0 cm³/mol. The molecule has 0 radical (unpaired) electrons. The van der Waals surface area contributed by atoms with Crippen molar-refractivity contribution < 1.29 is 5.11 Å². The van der Waals surface area contributed by atoms with Crippen LogP contribution in [0.15, 0.2) is 24.3 Å². The first kappa shape index (κ1) is 10.6. The lowest BCUT2D eigenvalue weighted by atomic mass is 9.98. The van der Waals surface area contributed by atoms with Gasteiger partial charge in [-0.15, -0.1) is 0 Å². The Labute approximate surface area is 84.4 Å². The third-order valence-electron chi connectivity index (χ3n) is 2.15. The van der Waals surface area contributed by atoms with Gasteiger partial charge < -0.3 is 5.11 Å². The van der Waals surface area contributed by atoms with E-state index in [1.54, 1.807) is 0 Å². The van der Waals surface area contributed by atoms with Crippen LogP contribution in [0.25, 0.3) is 0 Å². The van der Waals surface area contributed by atoms with Crippen molar-refractivity contribution in [2.24, 2.45) is 5.92 Å². The average molecular weight is 199 g/mol. The Hall–Kier alpha value is -0.530. The summed E-state index contributed by atoms with van der Waals surface area (Å²) in [7, 11) is 0. The van der Waals surface area contributed by atoms with Gasteiger partial charge in [-0.3, -0.25) is 0 Å². The molecule has 0 bridgehead atoms. The Bertz CT molecular complexity index is 260. The monoisotopic (exact) mass is 198 g/mol. The van der Waals surface area contributed by atoms with Crippen molar-refractivity contribution in [3.63, 3.8) is 0 Å². The highest BCUT2D eigenvalue weighted by atomic mass is 35.5. The van der Waals surface area contributed by atoms with Crippen molar-refractivity contribution >= 4 is 11.6 Å². The molecule has 1 unspecified atom stereocenters. The highest BCUT2D eigenvalue weighted by molar-refractivity contribution is 6.31. The number of aliphatic hydroxyl groups is 1. The van der Waals surface area contributed by atoms with Crippen molar-refractivity contribution in [1.82, 2.24) is 0 Å². The lowest BCUT2D eigenvalue weighted by Gasteiger charge is -2.10. The molecule has 0 fully saturated rings. The Morgan fingerprint density at radius 3 is 2.69 bits per heavy atom. The summed E-state index contributed by atoms with van der Waals surface area (Å²) in [6, 6.07) is 7.87. The van der Waals surface area contributed by atoms with E-state index in [0.717, 1.165) is 17.9 Å². The predicted octanol–water partition coefficient (Wildman–Crippen LogP) is 2.90. The van der Waals surface area contributed by atoms with Crippen molar-refractivity contribution in [1.29, 1.82) is 0 Å². The van der Waals surface area contributed by atoms with Gasteiger partial charge in [0, 0.05) is 11.6 Å². The van der Waals surface area contributed by atoms with Crippen molar-refractivity contribution in [3.05, 3.63) is 34.9 Å². The molecular weight excluding hydrogens is 184 g/mol. The molecule has 0 saturated carbocycles. The summed E-state index contributed by atoms with van der Waals surface area (Å²) in [4.78, 5) is 0. The van der Waals surface area contributed by atoms with E-state index in [9.17, 15) is 0 Å². The molecule has 1 aromatic rings. The Balaban J connectivity index is 2.58. The minimum Gasteiger partial charge on any atom is -0.396 e. The molecule has 2 heteroatoms. The lowest BCUT2D eigenvalue weighted by molar-refractivity contribution is 0.262. The van der Waals surface area contributed by atoms with Crippen LogP contribution in [0.5, 0.6) is 0 Å². The van der Waals surface area contributed by atoms with Crippen molar-refractivity contribution in [3.8, 4) is 0 Å². The number of aliphatic hydroxyl groups excluding tert-OH is 1. The van der Waals surface area contributed by atoms with Crippen molar-refractivity contribution in [2.75, 3.05) is 6.61 Å². The molecule has 1 N–H and O–H groups in total. The second kappa shape index (κ2) is 5.25. The van der Waals surface area contributed by atoms with Gasteiger partial charge in [-0.1, -0.05) is 36.7 Å². The number of rotatable bonds is 4. The number of benzene rings is 1. The molecule has 0 amide bonds. The van der Waals surface area contributed by atoms with Crippen LogP contribution in [0, 0.1) is 5.92 Å². The molecule has 0 saturated heterocycles. The number of hydrogen-bond acceptors (Lipinski definition) is 1. The first-order valence-corrected chi connectivity index (χ1v) is 4.96. The molecule has 0 spiro atoms. The zero-order valence-electron chi connectivity index (χ0n) is 7.83. The van der Waals surface area contributed by atoms with Gasteiger partial charge in [0.15, 0.2) is 0 Å². The average Bonchev–Trinajstić information content (AvgIpc) is 2.09. The maximum Gasteiger partial charge on any atom is 0.0438 e. The fraction of sp³-hybridized carbons (Fsp3) is 0.455. The van der Waals surface area contributed by atoms with Crippen LogP contribution in [0.3, 0.4) is 0 Å². The van der Waals surface area contributed by atoms with Crippen LogP contribution in [0.4, 0.5) is 0 Å². The molecule has 0 aliphatic rings. The highest BCUT2D eigenvalue weighted by Gasteiger charge is 2.05. The Kier molecular flexibility index (Phi) is 4.26. The van der Waals surface area contributed by atoms with Crippen LogP contribution >= 0.6 is 11.6 Å².